The number of hydrogen-bond donors (Lipinski definition) is 1. The van der Waals surface area contributed by atoms with Crippen LogP contribution in [-0.4, -0.2) is 9.55 Å². The summed E-state index contributed by atoms with van der Waals surface area (Å²) in [4.78, 5) is 4.89. The van der Waals surface area contributed by atoms with Crippen LogP contribution in [0.1, 0.15) is 55.0 Å². The van der Waals surface area contributed by atoms with Crippen molar-refractivity contribution in [1.82, 2.24) is 9.55 Å². The van der Waals surface area contributed by atoms with Crippen molar-refractivity contribution < 1.29 is 0 Å². The van der Waals surface area contributed by atoms with E-state index in [1.54, 1.807) is 0 Å². The first-order valence-electron chi connectivity index (χ1n) is 10.2. The summed E-state index contributed by atoms with van der Waals surface area (Å²) in [6, 6.07) is 26.0. The Hall–Kier alpha value is -2.78. The first kappa shape index (κ1) is 18.3. The van der Waals surface area contributed by atoms with Gasteiger partial charge in [-0.3, -0.25) is 0 Å². The quantitative estimate of drug-likeness (QED) is 0.402. The largest absolute Gasteiger partial charge is 0.349 e. The highest BCUT2D eigenvalue weighted by molar-refractivity contribution is 6.30. The number of anilines is 1. The maximum Gasteiger partial charge on any atom is 0.204 e. The van der Waals surface area contributed by atoms with Crippen LogP contribution >= 0.6 is 11.6 Å². The predicted molar refractivity (Wildman–Crippen MR) is 121 cm³/mol. The van der Waals surface area contributed by atoms with E-state index >= 15 is 0 Å². The number of halogens is 1. The first-order valence-corrected chi connectivity index (χ1v) is 10.6. The van der Waals surface area contributed by atoms with E-state index in [0.717, 1.165) is 22.9 Å². The molecule has 1 N–H and O–H groups in total. The van der Waals surface area contributed by atoms with Crippen molar-refractivity contribution in [3.63, 3.8) is 0 Å². The lowest BCUT2D eigenvalue weighted by atomic mass is 9.91. The van der Waals surface area contributed by atoms with Gasteiger partial charge in [0, 0.05) is 5.02 Å². The fourth-order valence-corrected chi connectivity index (χ4v) is 4.43. The average molecular weight is 402 g/mol. The Labute approximate surface area is 176 Å². The van der Waals surface area contributed by atoms with Crippen molar-refractivity contribution in [2.75, 3.05) is 5.32 Å². The monoisotopic (exact) mass is 401 g/mol. The van der Waals surface area contributed by atoms with Gasteiger partial charge >= 0.3 is 0 Å². The number of rotatable bonds is 3. The zero-order chi connectivity index (χ0) is 20.0. The van der Waals surface area contributed by atoms with Gasteiger partial charge in [0.2, 0.25) is 5.95 Å². The van der Waals surface area contributed by atoms with Gasteiger partial charge in [0.15, 0.2) is 0 Å². The normalized spacial score (nSPS) is 18.6. The Morgan fingerprint density at radius 3 is 2.34 bits per heavy atom. The SMILES string of the molecule is CC(C)c1ccc([C@@H]2C[C@@H](c3ccc(Cl)cc3)Nc3nc4ccccc4n32)cc1. The molecule has 0 fully saturated rings. The molecule has 0 unspecified atom stereocenters. The molecule has 146 valence electrons. The third kappa shape index (κ3) is 3.30. The molecule has 2 heterocycles. The number of aromatic nitrogens is 2. The minimum atomic E-state index is 0.186. The summed E-state index contributed by atoms with van der Waals surface area (Å²) in [7, 11) is 0. The molecule has 0 amide bonds. The summed E-state index contributed by atoms with van der Waals surface area (Å²) in [5, 5.41) is 4.42. The van der Waals surface area contributed by atoms with E-state index in [0.29, 0.717) is 5.92 Å². The van der Waals surface area contributed by atoms with Crippen LogP contribution in [0.25, 0.3) is 11.0 Å². The zero-order valence-electron chi connectivity index (χ0n) is 16.6. The van der Waals surface area contributed by atoms with Gasteiger partial charge in [0.25, 0.3) is 0 Å². The van der Waals surface area contributed by atoms with Crippen molar-refractivity contribution in [2.45, 2.75) is 38.3 Å². The predicted octanol–water partition coefficient (Wildman–Crippen LogP) is 6.96. The number of nitrogens with zero attached hydrogens (tertiary/aromatic N) is 2. The summed E-state index contributed by atoms with van der Waals surface area (Å²) in [5.41, 5.74) is 6.11. The van der Waals surface area contributed by atoms with E-state index in [1.165, 1.54) is 22.2 Å². The average Bonchev–Trinajstić information content (AvgIpc) is 3.12. The maximum absolute atomic E-state index is 6.11. The van der Waals surface area contributed by atoms with Gasteiger partial charge in [0.05, 0.1) is 23.1 Å². The van der Waals surface area contributed by atoms with Gasteiger partial charge in [-0.1, -0.05) is 74.0 Å². The lowest BCUT2D eigenvalue weighted by Gasteiger charge is -2.33. The highest BCUT2D eigenvalue weighted by Crippen LogP contribution is 2.41. The second-order valence-corrected chi connectivity index (χ2v) is 8.55. The van der Waals surface area contributed by atoms with Crippen LogP contribution in [0, 0.1) is 0 Å². The van der Waals surface area contributed by atoms with Crippen LogP contribution in [0.5, 0.6) is 0 Å². The Kier molecular flexibility index (Phi) is 4.56. The maximum atomic E-state index is 6.11. The molecule has 4 heteroatoms. The number of para-hydroxylation sites is 2. The molecule has 4 aromatic rings. The van der Waals surface area contributed by atoms with Crippen molar-refractivity contribution in [1.29, 1.82) is 0 Å². The van der Waals surface area contributed by atoms with Gasteiger partial charge in [-0.05, 0) is 53.3 Å². The van der Waals surface area contributed by atoms with E-state index in [-0.39, 0.29) is 12.1 Å². The van der Waals surface area contributed by atoms with Crippen LogP contribution in [0.4, 0.5) is 5.95 Å². The molecular formula is C25H24ClN3. The number of hydrogen-bond acceptors (Lipinski definition) is 2. The third-order valence-electron chi connectivity index (χ3n) is 5.93. The fourth-order valence-electron chi connectivity index (χ4n) is 4.31. The summed E-state index contributed by atoms with van der Waals surface area (Å²) in [5.74, 6) is 1.46. The van der Waals surface area contributed by atoms with Crippen LogP contribution in [-0.2, 0) is 0 Å². The summed E-state index contributed by atoms with van der Waals surface area (Å²) in [6.07, 6.45) is 0.954. The van der Waals surface area contributed by atoms with Crippen LogP contribution < -0.4 is 5.32 Å². The number of benzene rings is 3. The molecule has 0 saturated heterocycles. The van der Waals surface area contributed by atoms with Crippen molar-refractivity contribution in [2.24, 2.45) is 0 Å². The Bertz CT molecular complexity index is 1140. The third-order valence-corrected chi connectivity index (χ3v) is 6.18. The highest BCUT2D eigenvalue weighted by Gasteiger charge is 2.30. The lowest BCUT2D eigenvalue weighted by molar-refractivity contribution is 0.477. The molecule has 3 aromatic carbocycles. The van der Waals surface area contributed by atoms with E-state index in [1.807, 2.05) is 18.2 Å². The molecule has 1 aliphatic heterocycles. The van der Waals surface area contributed by atoms with Gasteiger partial charge in [-0.25, -0.2) is 4.98 Å². The Morgan fingerprint density at radius 1 is 0.931 bits per heavy atom. The Balaban J connectivity index is 1.62. The molecule has 0 radical (unpaired) electrons. The molecule has 3 nitrogen and oxygen atoms in total. The van der Waals surface area contributed by atoms with Gasteiger partial charge in [0.1, 0.15) is 0 Å². The van der Waals surface area contributed by atoms with Crippen molar-refractivity contribution in [3.05, 3.63) is 94.5 Å². The molecule has 5 rings (SSSR count). The van der Waals surface area contributed by atoms with Crippen LogP contribution in [0.3, 0.4) is 0 Å². The minimum Gasteiger partial charge on any atom is -0.349 e. The molecule has 0 aliphatic carbocycles. The highest BCUT2D eigenvalue weighted by atomic mass is 35.5. The number of nitrogens with one attached hydrogen (secondary N) is 1. The van der Waals surface area contributed by atoms with Gasteiger partial charge < -0.3 is 9.88 Å². The molecule has 1 aromatic heterocycles. The summed E-state index contributed by atoms with van der Waals surface area (Å²) in [6.45, 7) is 4.47. The van der Waals surface area contributed by atoms with E-state index in [9.17, 15) is 0 Å². The van der Waals surface area contributed by atoms with Crippen molar-refractivity contribution in [3.8, 4) is 0 Å². The van der Waals surface area contributed by atoms with E-state index < -0.39 is 0 Å². The Morgan fingerprint density at radius 2 is 1.62 bits per heavy atom. The number of fused-ring (bicyclic) bond motifs is 3. The van der Waals surface area contributed by atoms with E-state index in [4.69, 9.17) is 16.6 Å². The molecule has 0 bridgehead atoms. The molecule has 29 heavy (non-hydrogen) atoms. The van der Waals surface area contributed by atoms with Gasteiger partial charge in [-0.2, -0.15) is 0 Å². The van der Waals surface area contributed by atoms with E-state index in [2.05, 4.69) is 78.3 Å². The van der Waals surface area contributed by atoms with Crippen molar-refractivity contribution >= 4 is 28.6 Å². The minimum absolute atomic E-state index is 0.186. The molecule has 0 spiro atoms. The molecule has 0 saturated carbocycles. The van der Waals surface area contributed by atoms with Gasteiger partial charge in [-0.15, -0.1) is 0 Å². The fraction of sp³-hybridized carbons (Fsp3) is 0.240. The number of imidazole rings is 1. The smallest absolute Gasteiger partial charge is 0.204 e. The van der Waals surface area contributed by atoms with Crippen LogP contribution in [0.15, 0.2) is 72.8 Å². The molecular weight excluding hydrogens is 378 g/mol. The summed E-state index contributed by atoms with van der Waals surface area (Å²) >= 11 is 6.11. The summed E-state index contributed by atoms with van der Waals surface area (Å²) < 4.78 is 2.35. The second kappa shape index (κ2) is 7.23. The first-order chi connectivity index (χ1) is 14.1. The topological polar surface area (TPSA) is 29.9 Å². The second-order valence-electron chi connectivity index (χ2n) is 8.12. The molecule has 1 aliphatic rings. The van der Waals surface area contributed by atoms with Crippen LogP contribution in [0.2, 0.25) is 5.02 Å². The standard InChI is InChI=1S/C25H24ClN3/c1-16(2)17-7-9-19(10-8-17)24-15-22(18-11-13-20(26)14-12-18)28-25-27-21-5-3-4-6-23(21)29(24)25/h3-14,16,22,24H,15H2,1-2H3,(H,27,28)/t22-,24-/m0/s1. The lowest BCUT2D eigenvalue weighted by Crippen LogP contribution is -2.27. The zero-order valence-corrected chi connectivity index (χ0v) is 17.4. The molecule has 2 atom stereocenters.